The third-order valence-electron chi connectivity index (χ3n) is 2.39. The fraction of sp³-hybridized carbons (Fsp3) is 0.167. The molecule has 2 heterocycles. The van der Waals surface area contributed by atoms with Crippen LogP contribution in [0.4, 0.5) is 5.82 Å². The summed E-state index contributed by atoms with van der Waals surface area (Å²) in [6.07, 6.45) is 3.99. The van der Waals surface area contributed by atoms with E-state index in [1.807, 2.05) is 6.07 Å². The van der Waals surface area contributed by atoms with Crippen LogP contribution in [0.3, 0.4) is 0 Å². The topological polar surface area (TPSA) is 62.7 Å². The van der Waals surface area contributed by atoms with Crippen molar-refractivity contribution in [3.05, 3.63) is 45.8 Å². The Bertz CT molecular complexity index is 610. The highest BCUT2D eigenvalue weighted by molar-refractivity contribution is 9.10. The lowest BCUT2D eigenvalue weighted by molar-refractivity contribution is 0.846. The minimum Gasteiger partial charge on any atom is -0.362 e. The Balaban J connectivity index is 1.82. The zero-order valence-electron chi connectivity index (χ0n) is 10.3. The molecule has 0 aromatic carbocycles. The van der Waals surface area contributed by atoms with Gasteiger partial charge in [0, 0.05) is 19.2 Å². The Morgan fingerprint density at radius 2 is 2.20 bits per heavy atom. The van der Waals surface area contributed by atoms with Crippen molar-refractivity contribution in [2.24, 2.45) is 0 Å². The lowest BCUT2D eigenvalue weighted by Crippen LogP contribution is -2.30. The summed E-state index contributed by atoms with van der Waals surface area (Å²) in [4.78, 5) is 4.21. The van der Waals surface area contributed by atoms with E-state index in [2.05, 4.69) is 41.7 Å². The van der Waals surface area contributed by atoms with Crippen LogP contribution in [-0.4, -0.2) is 26.8 Å². The van der Waals surface area contributed by atoms with Gasteiger partial charge >= 0.3 is 0 Å². The van der Waals surface area contributed by atoms with Gasteiger partial charge in [-0.1, -0.05) is 11.6 Å². The lowest BCUT2D eigenvalue weighted by atomic mass is 10.3. The molecule has 0 aliphatic heterocycles. The van der Waals surface area contributed by atoms with E-state index in [1.165, 1.54) is 0 Å². The molecule has 104 valence electrons. The van der Waals surface area contributed by atoms with Gasteiger partial charge in [0.25, 0.3) is 0 Å². The van der Waals surface area contributed by atoms with Gasteiger partial charge in [0.05, 0.1) is 21.4 Å². The molecule has 20 heavy (non-hydrogen) atoms. The fourth-order valence-corrected chi connectivity index (χ4v) is 2.16. The number of nitrogens with one attached hydrogen (secondary N) is 2. The molecular formula is C12H11BrClN5S. The number of thiocarbonyl (C=S) groups is 1. The molecule has 5 nitrogen and oxygen atoms in total. The summed E-state index contributed by atoms with van der Waals surface area (Å²) in [6, 6.07) is 5.40. The highest BCUT2D eigenvalue weighted by atomic mass is 79.9. The maximum absolute atomic E-state index is 6.03. The van der Waals surface area contributed by atoms with Crippen LogP contribution in [-0.2, 0) is 6.42 Å². The SMILES string of the molecule is S=C(NCCc1ncccc1Cl)Nc1nnccc1Br. The van der Waals surface area contributed by atoms with Crippen LogP contribution in [0.15, 0.2) is 35.1 Å². The molecule has 0 unspecified atom stereocenters. The average Bonchev–Trinajstić information content (AvgIpc) is 2.43. The molecule has 2 aromatic heterocycles. The van der Waals surface area contributed by atoms with Crippen LogP contribution in [0.2, 0.25) is 5.02 Å². The number of nitrogens with zero attached hydrogens (tertiary/aromatic N) is 3. The molecule has 2 rings (SSSR count). The van der Waals surface area contributed by atoms with E-state index in [0.717, 1.165) is 10.2 Å². The smallest absolute Gasteiger partial charge is 0.172 e. The van der Waals surface area contributed by atoms with Crippen molar-refractivity contribution >= 4 is 50.7 Å². The highest BCUT2D eigenvalue weighted by Crippen LogP contribution is 2.17. The molecule has 0 atom stereocenters. The van der Waals surface area contributed by atoms with Gasteiger partial charge in [-0.25, -0.2) is 0 Å². The lowest BCUT2D eigenvalue weighted by Gasteiger charge is -2.10. The van der Waals surface area contributed by atoms with Crippen molar-refractivity contribution in [2.45, 2.75) is 6.42 Å². The maximum atomic E-state index is 6.03. The summed E-state index contributed by atoms with van der Waals surface area (Å²) in [5, 5.41) is 14.9. The molecule has 2 N–H and O–H groups in total. The zero-order chi connectivity index (χ0) is 14.4. The highest BCUT2D eigenvalue weighted by Gasteiger charge is 2.04. The largest absolute Gasteiger partial charge is 0.362 e. The third-order valence-corrected chi connectivity index (χ3v) is 3.62. The van der Waals surface area contributed by atoms with E-state index < -0.39 is 0 Å². The van der Waals surface area contributed by atoms with E-state index in [0.29, 0.717) is 28.9 Å². The zero-order valence-corrected chi connectivity index (χ0v) is 13.5. The van der Waals surface area contributed by atoms with E-state index in [4.69, 9.17) is 23.8 Å². The first kappa shape index (κ1) is 15.1. The van der Waals surface area contributed by atoms with Crippen LogP contribution in [0.1, 0.15) is 5.69 Å². The Hall–Kier alpha value is -1.31. The number of rotatable bonds is 4. The van der Waals surface area contributed by atoms with Crippen molar-refractivity contribution in [1.29, 1.82) is 0 Å². The summed E-state index contributed by atoms with van der Waals surface area (Å²) < 4.78 is 0.796. The Morgan fingerprint density at radius 3 is 2.95 bits per heavy atom. The van der Waals surface area contributed by atoms with Gasteiger partial charge in [0.1, 0.15) is 0 Å². The van der Waals surface area contributed by atoms with E-state index in [1.54, 1.807) is 24.5 Å². The molecule has 0 radical (unpaired) electrons. The van der Waals surface area contributed by atoms with Gasteiger partial charge in [-0.3, -0.25) is 4.98 Å². The first-order valence-electron chi connectivity index (χ1n) is 5.78. The molecule has 2 aromatic rings. The number of halogens is 2. The van der Waals surface area contributed by atoms with E-state index >= 15 is 0 Å². The van der Waals surface area contributed by atoms with Crippen molar-refractivity contribution in [3.8, 4) is 0 Å². The predicted octanol–water partition coefficient (Wildman–Crippen LogP) is 2.82. The van der Waals surface area contributed by atoms with Crippen LogP contribution < -0.4 is 10.6 Å². The average molecular weight is 373 g/mol. The van der Waals surface area contributed by atoms with Crippen molar-refractivity contribution in [3.63, 3.8) is 0 Å². The monoisotopic (exact) mass is 371 g/mol. The molecule has 0 saturated heterocycles. The number of hydrogen-bond acceptors (Lipinski definition) is 4. The van der Waals surface area contributed by atoms with Crippen LogP contribution in [0, 0.1) is 0 Å². The molecule has 0 fully saturated rings. The number of anilines is 1. The maximum Gasteiger partial charge on any atom is 0.172 e. The summed E-state index contributed by atoms with van der Waals surface area (Å²) >= 11 is 14.6. The van der Waals surface area contributed by atoms with Crippen molar-refractivity contribution in [1.82, 2.24) is 20.5 Å². The second kappa shape index (κ2) is 7.47. The van der Waals surface area contributed by atoms with Gasteiger partial charge in [-0.2, -0.15) is 5.10 Å². The van der Waals surface area contributed by atoms with Crippen LogP contribution in [0.25, 0.3) is 0 Å². The minimum absolute atomic E-state index is 0.471. The summed E-state index contributed by atoms with van der Waals surface area (Å²) in [6.45, 7) is 0.625. The molecule has 0 spiro atoms. The Kier molecular flexibility index (Phi) is 5.63. The second-order valence-corrected chi connectivity index (χ2v) is 5.46. The van der Waals surface area contributed by atoms with E-state index in [-0.39, 0.29) is 0 Å². The summed E-state index contributed by atoms with van der Waals surface area (Å²) in [5.74, 6) is 0.570. The first-order chi connectivity index (χ1) is 9.66. The fourth-order valence-electron chi connectivity index (χ4n) is 1.45. The molecule has 0 aliphatic carbocycles. The third kappa shape index (κ3) is 4.36. The minimum atomic E-state index is 0.471. The molecule has 0 amide bonds. The Morgan fingerprint density at radius 1 is 1.35 bits per heavy atom. The Labute approximate surface area is 135 Å². The van der Waals surface area contributed by atoms with Gasteiger partial charge in [0.2, 0.25) is 0 Å². The molecule has 0 saturated carbocycles. The van der Waals surface area contributed by atoms with Gasteiger partial charge < -0.3 is 10.6 Å². The number of pyridine rings is 1. The van der Waals surface area contributed by atoms with Gasteiger partial charge in [-0.15, -0.1) is 5.10 Å². The van der Waals surface area contributed by atoms with Crippen LogP contribution >= 0.6 is 39.7 Å². The van der Waals surface area contributed by atoms with E-state index in [9.17, 15) is 0 Å². The predicted molar refractivity (Wildman–Crippen MR) is 86.9 cm³/mol. The normalized spacial score (nSPS) is 10.1. The van der Waals surface area contributed by atoms with Gasteiger partial charge in [-0.05, 0) is 46.3 Å². The molecule has 0 aliphatic rings. The molecule has 0 bridgehead atoms. The number of hydrogen-bond donors (Lipinski definition) is 2. The van der Waals surface area contributed by atoms with Gasteiger partial charge in [0.15, 0.2) is 10.9 Å². The summed E-state index contributed by atoms with van der Waals surface area (Å²) in [5.41, 5.74) is 0.838. The quantitative estimate of drug-likeness (QED) is 0.805. The van der Waals surface area contributed by atoms with Crippen LogP contribution in [0.5, 0.6) is 0 Å². The number of aromatic nitrogens is 3. The molecular weight excluding hydrogens is 362 g/mol. The van der Waals surface area contributed by atoms with Crippen molar-refractivity contribution < 1.29 is 0 Å². The molecule has 8 heteroatoms. The first-order valence-corrected chi connectivity index (χ1v) is 7.36. The summed E-state index contributed by atoms with van der Waals surface area (Å²) in [7, 11) is 0. The second-order valence-electron chi connectivity index (χ2n) is 3.79. The van der Waals surface area contributed by atoms with Crippen molar-refractivity contribution in [2.75, 3.05) is 11.9 Å². The standard InChI is InChI=1S/C12H11BrClN5S/c13-8-3-7-17-19-11(8)18-12(20)16-6-4-10-9(14)2-1-5-15-10/h1-3,5,7H,4,6H2,(H2,16,18,19,20).